The minimum Gasteiger partial charge on any atom is -0.338 e. The predicted molar refractivity (Wildman–Crippen MR) is 86.6 cm³/mol. The van der Waals surface area contributed by atoms with Crippen LogP contribution in [0.15, 0.2) is 34.8 Å². The Morgan fingerprint density at radius 2 is 1.73 bits per heavy atom. The van der Waals surface area contributed by atoms with E-state index < -0.39 is 0 Å². The van der Waals surface area contributed by atoms with E-state index in [-0.39, 0.29) is 18.2 Å². The fraction of sp³-hybridized carbons (Fsp3) is 0.312. The van der Waals surface area contributed by atoms with Crippen LogP contribution in [0.1, 0.15) is 12.0 Å². The molecule has 0 radical (unpaired) electrons. The van der Waals surface area contributed by atoms with Crippen molar-refractivity contribution < 1.29 is 9.59 Å². The maximum absolute atomic E-state index is 12.1. The van der Waals surface area contributed by atoms with E-state index in [1.165, 1.54) is 0 Å². The Balaban J connectivity index is 1.86. The molecule has 114 valence electrons. The smallest absolute Gasteiger partial charge is 0.246 e. The topological polar surface area (TPSA) is 64.4 Å². The van der Waals surface area contributed by atoms with Gasteiger partial charge in [0, 0.05) is 36.7 Å². The molecule has 1 heterocycles. The van der Waals surface area contributed by atoms with Crippen molar-refractivity contribution in [2.75, 3.05) is 26.2 Å². The van der Waals surface area contributed by atoms with Crippen molar-refractivity contribution in [3.63, 3.8) is 0 Å². The van der Waals surface area contributed by atoms with Crippen molar-refractivity contribution in [1.82, 2.24) is 9.80 Å². The SMILES string of the molecule is N#CCC(=O)N1CCN(C(=O)/C=C/c2ccc(Br)cc2)CC1. The van der Waals surface area contributed by atoms with Gasteiger partial charge in [0.25, 0.3) is 0 Å². The number of nitrogens with zero attached hydrogens (tertiary/aromatic N) is 3. The summed E-state index contributed by atoms with van der Waals surface area (Å²) in [4.78, 5) is 27.1. The van der Waals surface area contributed by atoms with Gasteiger partial charge in [-0.05, 0) is 23.8 Å². The Hall–Kier alpha value is -2.13. The minimum atomic E-state index is -0.167. The molecule has 0 spiro atoms. The summed E-state index contributed by atoms with van der Waals surface area (Å²) >= 11 is 3.36. The third kappa shape index (κ3) is 4.43. The van der Waals surface area contributed by atoms with Crippen LogP contribution < -0.4 is 0 Å². The second-order valence-electron chi connectivity index (χ2n) is 4.93. The number of carbonyl (C=O) groups is 2. The highest BCUT2D eigenvalue weighted by atomic mass is 79.9. The molecule has 0 bridgehead atoms. The van der Waals surface area contributed by atoms with Gasteiger partial charge in [0.15, 0.2) is 0 Å². The number of carbonyl (C=O) groups excluding carboxylic acids is 2. The van der Waals surface area contributed by atoms with Crippen LogP contribution in [-0.2, 0) is 9.59 Å². The van der Waals surface area contributed by atoms with Crippen molar-refractivity contribution >= 4 is 33.8 Å². The highest BCUT2D eigenvalue weighted by Gasteiger charge is 2.22. The Bertz CT molecular complexity index is 611. The molecule has 1 aliphatic rings. The Kier molecular flexibility index (Phi) is 5.73. The third-order valence-electron chi connectivity index (χ3n) is 3.46. The van der Waals surface area contributed by atoms with E-state index in [4.69, 9.17) is 5.26 Å². The minimum absolute atomic E-state index is 0.0599. The van der Waals surface area contributed by atoms with Gasteiger partial charge >= 0.3 is 0 Å². The van der Waals surface area contributed by atoms with Crippen LogP contribution in [0, 0.1) is 11.3 Å². The summed E-state index contributed by atoms with van der Waals surface area (Å²) in [5.74, 6) is -0.227. The molecule has 1 saturated heterocycles. The first kappa shape index (κ1) is 16.2. The van der Waals surface area contributed by atoms with E-state index in [2.05, 4.69) is 15.9 Å². The highest BCUT2D eigenvalue weighted by Crippen LogP contribution is 2.12. The van der Waals surface area contributed by atoms with Gasteiger partial charge in [-0.15, -0.1) is 0 Å². The Labute approximate surface area is 137 Å². The lowest BCUT2D eigenvalue weighted by Gasteiger charge is -2.33. The molecular weight excluding hydrogens is 346 g/mol. The number of halogens is 1. The molecule has 0 aromatic heterocycles. The lowest BCUT2D eigenvalue weighted by Crippen LogP contribution is -2.50. The summed E-state index contributed by atoms with van der Waals surface area (Å²) in [5, 5.41) is 8.53. The molecule has 0 atom stereocenters. The largest absolute Gasteiger partial charge is 0.338 e. The zero-order valence-corrected chi connectivity index (χ0v) is 13.6. The fourth-order valence-electron chi connectivity index (χ4n) is 2.20. The van der Waals surface area contributed by atoms with Gasteiger partial charge in [-0.25, -0.2) is 0 Å². The first-order valence-electron chi connectivity index (χ1n) is 6.97. The van der Waals surface area contributed by atoms with Crippen LogP contribution in [0.4, 0.5) is 0 Å². The average molecular weight is 362 g/mol. The van der Waals surface area contributed by atoms with Crippen LogP contribution in [0.5, 0.6) is 0 Å². The van der Waals surface area contributed by atoms with Gasteiger partial charge in [0.2, 0.25) is 11.8 Å². The maximum Gasteiger partial charge on any atom is 0.246 e. The van der Waals surface area contributed by atoms with Crippen molar-refractivity contribution in [1.29, 1.82) is 5.26 Å². The van der Waals surface area contributed by atoms with Gasteiger partial charge in [0.05, 0.1) is 6.07 Å². The normalized spacial score (nSPS) is 14.9. The lowest BCUT2D eigenvalue weighted by molar-refractivity contribution is -0.136. The molecule has 2 rings (SSSR count). The zero-order chi connectivity index (χ0) is 15.9. The summed E-state index contributed by atoms with van der Waals surface area (Å²) in [5.41, 5.74) is 0.958. The summed E-state index contributed by atoms with van der Waals surface area (Å²) in [7, 11) is 0. The number of hydrogen-bond acceptors (Lipinski definition) is 3. The Morgan fingerprint density at radius 3 is 2.32 bits per heavy atom. The first-order valence-corrected chi connectivity index (χ1v) is 7.77. The van der Waals surface area contributed by atoms with Crippen molar-refractivity contribution in [2.24, 2.45) is 0 Å². The molecule has 0 N–H and O–H groups in total. The van der Waals surface area contributed by atoms with E-state index in [1.54, 1.807) is 22.0 Å². The van der Waals surface area contributed by atoms with E-state index >= 15 is 0 Å². The molecule has 6 heteroatoms. The third-order valence-corrected chi connectivity index (χ3v) is 3.99. The molecule has 22 heavy (non-hydrogen) atoms. The van der Waals surface area contributed by atoms with Crippen LogP contribution in [0.25, 0.3) is 6.08 Å². The summed E-state index contributed by atoms with van der Waals surface area (Å²) in [6, 6.07) is 9.54. The average Bonchev–Trinajstić information content (AvgIpc) is 2.54. The zero-order valence-electron chi connectivity index (χ0n) is 12.0. The molecule has 1 aliphatic heterocycles. The molecular formula is C16H16BrN3O2. The number of rotatable bonds is 3. The number of piperazine rings is 1. The second-order valence-corrected chi connectivity index (χ2v) is 5.84. The van der Waals surface area contributed by atoms with E-state index in [0.717, 1.165) is 10.0 Å². The molecule has 0 unspecified atom stereocenters. The van der Waals surface area contributed by atoms with Crippen LogP contribution >= 0.6 is 15.9 Å². The lowest BCUT2D eigenvalue weighted by atomic mass is 10.2. The van der Waals surface area contributed by atoms with Gasteiger partial charge in [-0.3, -0.25) is 9.59 Å². The molecule has 2 amide bonds. The monoisotopic (exact) mass is 361 g/mol. The van der Waals surface area contributed by atoms with Crippen LogP contribution in [-0.4, -0.2) is 47.8 Å². The van der Waals surface area contributed by atoms with Gasteiger partial charge < -0.3 is 9.80 Å². The van der Waals surface area contributed by atoms with Crippen molar-refractivity contribution in [2.45, 2.75) is 6.42 Å². The van der Waals surface area contributed by atoms with Gasteiger partial charge in [0.1, 0.15) is 6.42 Å². The summed E-state index contributed by atoms with van der Waals surface area (Å²) < 4.78 is 0.995. The first-order chi connectivity index (χ1) is 10.6. The van der Waals surface area contributed by atoms with Crippen molar-refractivity contribution in [3.8, 4) is 6.07 Å². The highest BCUT2D eigenvalue weighted by molar-refractivity contribution is 9.10. The predicted octanol–water partition coefficient (Wildman–Crippen LogP) is 2.05. The maximum atomic E-state index is 12.1. The number of amides is 2. The van der Waals surface area contributed by atoms with Crippen molar-refractivity contribution in [3.05, 3.63) is 40.4 Å². The van der Waals surface area contributed by atoms with E-state index in [1.807, 2.05) is 30.3 Å². The fourth-order valence-corrected chi connectivity index (χ4v) is 2.47. The quantitative estimate of drug-likeness (QED) is 0.773. The van der Waals surface area contributed by atoms with Gasteiger partial charge in [-0.1, -0.05) is 28.1 Å². The molecule has 0 saturated carbocycles. The van der Waals surface area contributed by atoms with Crippen LogP contribution in [0.3, 0.4) is 0 Å². The molecule has 1 aromatic rings. The number of benzene rings is 1. The summed E-state index contributed by atoms with van der Waals surface area (Å²) in [6.45, 7) is 1.97. The summed E-state index contributed by atoms with van der Waals surface area (Å²) in [6.07, 6.45) is 3.23. The molecule has 0 aliphatic carbocycles. The standard InChI is InChI=1S/C16H16BrN3O2/c17-14-4-1-13(2-5-14)3-6-15(21)19-9-11-20(12-10-19)16(22)7-8-18/h1-6H,7,9-12H2/b6-3+. The van der Waals surface area contributed by atoms with E-state index in [0.29, 0.717) is 26.2 Å². The van der Waals surface area contributed by atoms with E-state index in [9.17, 15) is 9.59 Å². The number of hydrogen-bond donors (Lipinski definition) is 0. The molecule has 5 nitrogen and oxygen atoms in total. The van der Waals surface area contributed by atoms with Gasteiger partial charge in [-0.2, -0.15) is 5.26 Å². The Morgan fingerprint density at radius 1 is 1.14 bits per heavy atom. The number of nitriles is 1. The second kappa shape index (κ2) is 7.76. The molecule has 1 fully saturated rings. The van der Waals surface area contributed by atoms with Crippen LogP contribution in [0.2, 0.25) is 0 Å². The molecule has 1 aromatic carbocycles.